The van der Waals surface area contributed by atoms with Crippen LogP contribution in [0.4, 0.5) is 5.69 Å². The molecule has 0 aliphatic rings. The summed E-state index contributed by atoms with van der Waals surface area (Å²) in [6, 6.07) is 12.0. The van der Waals surface area contributed by atoms with E-state index in [9.17, 15) is 4.79 Å². The molecule has 0 saturated carbocycles. The third kappa shape index (κ3) is 2.27. The first kappa shape index (κ1) is 12.0. The van der Waals surface area contributed by atoms with Gasteiger partial charge >= 0.3 is 5.97 Å². The Labute approximate surface area is 105 Å². The van der Waals surface area contributed by atoms with Gasteiger partial charge in [-0.1, -0.05) is 12.1 Å². The maximum atomic E-state index is 10.8. The lowest BCUT2D eigenvalue weighted by Crippen LogP contribution is -1.96. The first-order valence-electron chi connectivity index (χ1n) is 5.39. The zero-order chi connectivity index (χ0) is 13.1. The van der Waals surface area contributed by atoms with Gasteiger partial charge in [-0.25, -0.2) is 4.79 Å². The fourth-order valence-corrected chi connectivity index (χ4v) is 1.74. The number of benzene rings is 2. The van der Waals surface area contributed by atoms with E-state index < -0.39 is 5.97 Å². The number of methoxy groups -OCH3 is 1. The van der Waals surface area contributed by atoms with Crippen LogP contribution >= 0.6 is 0 Å². The van der Waals surface area contributed by atoms with E-state index in [2.05, 4.69) is 0 Å². The largest absolute Gasteiger partial charge is 0.496 e. The number of hydrogen-bond acceptors (Lipinski definition) is 3. The van der Waals surface area contributed by atoms with Crippen molar-refractivity contribution in [3.05, 3.63) is 48.0 Å². The molecule has 0 aliphatic carbocycles. The number of carboxylic acid groups (broad SMARTS) is 1. The zero-order valence-electron chi connectivity index (χ0n) is 9.88. The van der Waals surface area contributed by atoms with Gasteiger partial charge in [-0.15, -0.1) is 0 Å². The van der Waals surface area contributed by atoms with Crippen molar-refractivity contribution in [3.8, 4) is 16.9 Å². The quantitative estimate of drug-likeness (QED) is 0.813. The normalized spacial score (nSPS) is 10.1. The van der Waals surface area contributed by atoms with Gasteiger partial charge < -0.3 is 15.6 Å². The predicted molar refractivity (Wildman–Crippen MR) is 69.8 cm³/mol. The molecule has 4 nitrogen and oxygen atoms in total. The molecule has 3 N–H and O–H groups in total. The Morgan fingerprint density at radius 1 is 1.17 bits per heavy atom. The summed E-state index contributed by atoms with van der Waals surface area (Å²) in [6.07, 6.45) is 0. The molecule has 4 heteroatoms. The molecule has 0 bridgehead atoms. The highest BCUT2D eigenvalue weighted by Crippen LogP contribution is 2.31. The Hall–Kier alpha value is -2.49. The van der Waals surface area contributed by atoms with Gasteiger partial charge in [0.1, 0.15) is 5.75 Å². The lowest BCUT2D eigenvalue weighted by molar-refractivity contribution is 0.0697. The average Bonchev–Trinajstić information content (AvgIpc) is 2.38. The summed E-state index contributed by atoms with van der Waals surface area (Å²) in [5, 5.41) is 8.84. The van der Waals surface area contributed by atoms with Crippen LogP contribution in [-0.2, 0) is 0 Å². The number of ether oxygens (including phenoxy) is 1. The monoisotopic (exact) mass is 243 g/mol. The summed E-state index contributed by atoms with van der Waals surface area (Å²) in [4.78, 5) is 10.8. The minimum absolute atomic E-state index is 0.258. The standard InChI is InChI=1S/C14H13NO3/c1-18-13-8-11(15)6-7-12(13)9-2-4-10(5-3-9)14(16)17/h2-8H,15H2,1H3,(H,16,17). The second-order valence-electron chi connectivity index (χ2n) is 3.84. The van der Waals surface area contributed by atoms with Crippen molar-refractivity contribution in [2.75, 3.05) is 12.8 Å². The first-order chi connectivity index (χ1) is 8.61. The summed E-state index contributed by atoms with van der Waals surface area (Å²) in [5.74, 6) is -0.274. The molecule has 0 radical (unpaired) electrons. The molecule has 18 heavy (non-hydrogen) atoms. The van der Waals surface area contributed by atoms with E-state index >= 15 is 0 Å². The van der Waals surface area contributed by atoms with Crippen molar-refractivity contribution in [2.24, 2.45) is 0 Å². The first-order valence-corrected chi connectivity index (χ1v) is 5.39. The fourth-order valence-electron chi connectivity index (χ4n) is 1.74. The molecule has 0 amide bonds. The van der Waals surface area contributed by atoms with Crippen LogP contribution in [0.2, 0.25) is 0 Å². The van der Waals surface area contributed by atoms with Crippen LogP contribution < -0.4 is 10.5 Å². The summed E-state index contributed by atoms with van der Waals surface area (Å²) >= 11 is 0. The number of hydrogen-bond donors (Lipinski definition) is 2. The fraction of sp³-hybridized carbons (Fsp3) is 0.0714. The van der Waals surface area contributed by atoms with Crippen LogP contribution in [0, 0.1) is 0 Å². The van der Waals surface area contributed by atoms with Crippen molar-refractivity contribution in [1.29, 1.82) is 0 Å². The topological polar surface area (TPSA) is 72.5 Å². The molecular formula is C14H13NO3. The summed E-state index contributed by atoms with van der Waals surface area (Å²) < 4.78 is 5.26. The number of anilines is 1. The molecule has 0 unspecified atom stereocenters. The Bertz CT molecular complexity index is 576. The van der Waals surface area contributed by atoms with Crippen LogP contribution in [0.1, 0.15) is 10.4 Å². The number of rotatable bonds is 3. The van der Waals surface area contributed by atoms with Gasteiger partial charge in [0.05, 0.1) is 12.7 Å². The Morgan fingerprint density at radius 2 is 1.83 bits per heavy atom. The third-order valence-corrected chi connectivity index (χ3v) is 2.67. The van der Waals surface area contributed by atoms with E-state index in [0.717, 1.165) is 11.1 Å². The minimum atomic E-state index is -0.939. The molecular weight excluding hydrogens is 230 g/mol. The van der Waals surface area contributed by atoms with Gasteiger partial charge in [0.15, 0.2) is 0 Å². The molecule has 0 fully saturated rings. The zero-order valence-corrected chi connectivity index (χ0v) is 9.88. The molecule has 2 aromatic carbocycles. The second kappa shape index (κ2) is 4.79. The van der Waals surface area contributed by atoms with Crippen LogP contribution in [-0.4, -0.2) is 18.2 Å². The van der Waals surface area contributed by atoms with Gasteiger partial charge in [0.2, 0.25) is 0 Å². The van der Waals surface area contributed by atoms with Crippen molar-refractivity contribution in [1.82, 2.24) is 0 Å². The molecule has 0 aliphatic heterocycles. The van der Waals surface area contributed by atoms with Gasteiger partial charge in [0, 0.05) is 17.3 Å². The summed E-state index contributed by atoms with van der Waals surface area (Å²) in [6.45, 7) is 0. The van der Waals surface area contributed by atoms with E-state index in [1.54, 1.807) is 43.5 Å². The molecule has 0 spiro atoms. The van der Waals surface area contributed by atoms with Crippen LogP contribution in [0.25, 0.3) is 11.1 Å². The maximum absolute atomic E-state index is 10.8. The van der Waals surface area contributed by atoms with E-state index in [-0.39, 0.29) is 5.56 Å². The maximum Gasteiger partial charge on any atom is 0.335 e. The minimum Gasteiger partial charge on any atom is -0.496 e. The van der Waals surface area contributed by atoms with Gasteiger partial charge in [-0.05, 0) is 29.8 Å². The number of carboxylic acids is 1. The third-order valence-electron chi connectivity index (χ3n) is 2.67. The average molecular weight is 243 g/mol. The number of carbonyl (C=O) groups is 1. The van der Waals surface area contributed by atoms with Crippen LogP contribution in [0.15, 0.2) is 42.5 Å². The summed E-state index contributed by atoms with van der Waals surface area (Å²) in [7, 11) is 1.57. The molecule has 2 rings (SSSR count). The summed E-state index contributed by atoms with van der Waals surface area (Å²) in [5.41, 5.74) is 8.33. The van der Waals surface area contributed by atoms with Gasteiger partial charge in [-0.3, -0.25) is 0 Å². The number of nitrogen functional groups attached to an aromatic ring is 1. The van der Waals surface area contributed by atoms with Crippen molar-refractivity contribution in [2.45, 2.75) is 0 Å². The van der Waals surface area contributed by atoms with Crippen molar-refractivity contribution >= 4 is 11.7 Å². The van der Waals surface area contributed by atoms with Crippen molar-refractivity contribution in [3.63, 3.8) is 0 Å². The number of aromatic carboxylic acids is 1. The van der Waals surface area contributed by atoms with Crippen LogP contribution in [0.5, 0.6) is 5.75 Å². The van der Waals surface area contributed by atoms with E-state index in [0.29, 0.717) is 11.4 Å². The van der Waals surface area contributed by atoms with E-state index in [4.69, 9.17) is 15.6 Å². The Kier molecular flexibility index (Phi) is 3.19. The molecule has 2 aromatic rings. The lowest BCUT2D eigenvalue weighted by atomic mass is 10.0. The van der Waals surface area contributed by atoms with E-state index in [1.165, 1.54) is 0 Å². The second-order valence-corrected chi connectivity index (χ2v) is 3.84. The van der Waals surface area contributed by atoms with Crippen LogP contribution in [0.3, 0.4) is 0 Å². The van der Waals surface area contributed by atoms with Crippen molar-refractivity contribution < 1.29 is 14.6 Å². The van der Waals surface area contributed by atoms with E-state index in [1.807, 2.05) is 6.07 Å². The van der Waals surface area contributed by atoms with Gasteiger partial charge in [-0.2, -0.15) is 0 Å². The number of nitrogens with two attached hydrogens (primary N) is 1. The predicted octanol–water partition coefficient (Wildman–Crippen LogP) is 2.64. The molecule has 0 heterocycles. The SMILES string of the molecule is COc1cc(N)ccc1-c1ccc(C(=O)O)cc1. The molecule has 0 aromatic heterocycles. The smallest absolute Gasteiger partial charge is 0.335 e. The molecule has 0 atom stereocenters. The molecule has 92 valence electrons. The highest BCUT2D eigenvalue weighted by molar-refractivity contribution is 5.88. The highest BCUT2D eigenvalue weighted by atomic mass is 16.5. The van der Waals surface area contributed by atoms with Gasteiger partial charge in [0.25, 0.3) is 0 Å². The highest BCUT2D eigenvalue weighted by Gasteiger charge is 2.07. The molecule has 0 saturated heterocycles. The lowest BCUT2D eigenvalue weighted by Gasteiger charge is -2.09. The Morgan fingerprint density at radius 3 is 2.39 bits per heavy atom. The Balaban J connectivity index is 2.45.